The number of hydrogen-bond donors (Lipinski definition) is 1. The first kappa shape index (κ1) is 30.8. The van der Waals surface area contributed by atoms with Crippen LogP contribution in [0.3, 0.4) is 0 Å². The fourth-order valence-corrected chi connectivity index (χ4v) is 6.89. The number of amides is 1. The first-order chi connectivity index (χ1) is 18.2. The monoisotopic (exact) mass is 577 g/mol. The molecule has 1 aromatic carbocycles. The molecule has 0 spiro atoms. The Morgan fingerprint density at radius 2 is 1.95 bits per heavy atom. The van der Waals surface area contributed by atoms with E-state index in [1.807, 2.05) is 30.8 Å². The van der Waals surface area contributed by atoms with Crippen molar-refractivity contribution in [3.05, 3.63) is 40.4 Å². The van der Waals surface area contributed by atoms with Crippen LogP contribution in [0, 0.1) is 11.8 Å². The Balaban J connectivity index is 1.65. The van der Waals surface area contributed by atoms with Gasteiger partial charge in [0.15, 0.2) is 5.78 Å². The molecular formula is C29H40ClN3O3S2. The van der Waals surface area contributed by atoms with Crippen molar-refractivity contribution in [2.24, 2.45) is 11.8 Å². The SMILES string of the molecule is C=C(CN1CCSCC1)C(=O)CC[C@@H](NC(=O)[C@@H](CC(=O)CC)Cc1nc2ccc(Cl)cc2s1)[C@@H](C)CC. The number of carbonyl (C=O) groups excluding carboxylic acids is 3. The number of aromatic nitrogens is 1. The van der Waals surface area contributed by atoms with Crippen LogP contribution in [0.2, 0.25) is 5.02 Å². The van der Waals surface area contributed by atoms with Gasteiger partial charge in [0.2, 0.25) is 5.91 Å². The van der Waals surface area contributed by atoms with Gasteiger partial charge in [-0.1, -0.05) is 45.4 Å². The Kier molecular flexibility index (Phi) is 12.3. The van der Waals surface area contributed by atoms with Crippen LogP contribution in [0.25, 0.3) is 10.2 Å². The predicted molar refractivity (Wildman–Crippen MR) is 160 cm³/mol. The van der Waals surface area contributed by atoms with Crippen molar-refractivity contribution < 1.29 is 14.4 Å². The minimum atomic E-state index is -0.507. The topological polar surface area (TPSA) is 79.4 Å². The van der Waals surface area contributed by atoms with Gasteiger partial charge in [-0.2, -0.15) is 11.8 Å². The van der Waals surface area contributed by atoms with Crippen LogP contribution in [0.5, 0.6) is 0 Å². The lowest BCUT2D eigenvalue weighted by Crippen LogP contribution is -2.43. The lowest BCUT2D eigenvalue weighted by molar-refractivity contribution is -0.130. The number of hydrogen-bond acceptors (Lipinski definition) is 7. The van der Waals surface area contributed by atoms with E-state index in [9.17, 15) is 14.4 Å². The summed E-state index contributed by atoms with van der Waals surface area (Å²) in [5, 5.41) is 4.66. The Hall–Kier alpha value is -1.74. The Morgan fingerprint density at radius 3 is 2.63 bits per heavy atom. The van der Waals surface area contributed by atoms with Crippen LogP contribution in [0.1, 0.15) is 57.9 Å². The summed E-state index contributed by atoms with van der Waals surface area (Å²) in [7, 11) is 0. The molecule has 9 heteroatoms. The van der Waals surface area contributed by atoms with Gasteiger partial charge in [0.1, 0.15) is 5.78 Å². The maximum atomic E-state index is 13.5. The first-order valence-electron chi connectivity index (χ1n) is 13.6. The van der Waals surface area contributed by atoms with Gasteiger partial charge in [0.25, 0.3) is 0 Å². The predicted octanol–water partition coefficient (Wildman–Crippen LogP) is 5.96. The highest BCUT2D eigenvalue weighted by Gasteiger charge is 2.28. The fraction of sp³-hybridized carbons (Fsp3) is 0.586. The van der Waals surface area contributed by atoms with Crippen LogP contribution in [0.4, 0.5) is 0 Å². The van der Waals surface area contributed by atoms with Crippen LogP contribution >= 0.6 is 34.7 Å². The summed E-state index contributed by atoms with van der Waals surface area (Å²) >= 11 is 9.58. The van der Waals surface area contributed by atoms with E-state index < -0.39 is 5.92 Å². The molecule has 1 aliphatic rings. The van der Waals surface area contributed by atoms with E-state index in [2.05, 4.69) is 35.6 Å². The molecule has 3 rings (SSSR count). The largest absolute Gasteiger partial charge is 0.353 e. The number of halogens is 1. The number of thiazole rings is 1. The smallest absolute Gasteiger partial charge is 0.224 e. The Morgan fingerprint density at radius 1 is 1.21 bits per heavy atom. The van der Waals surface area contributed by atoms with E-state index in [-0.39, 0.29) is 35.9 Å². The third-order valence-electron chi connectivity index (χ3n) is 7.31. The van der Waals surface area contributed by atoms with Gasteiger partial charge in [-0.25, -0.2) is 4.98 Å². The second-order valence-corrected chi connectivity index (χ2v) is 12.9. The van der Waals surface area contributed by atoms with Crippen molar-refractivity contribution in [3.8, 4) is 0 Å². The number of carbonyl (C=O) groups is 3. The van der Waals surface area contributed by atoms with E-state index in [0.717, 1.165) is 46.2 Å². The zero-order valence-electron chi connectivity index (χ0n) is 22.8. The molecule has 0 aliphatic carbocycles. The van der Waals surface area contributed by atoms with Crippen molar-refractivity contribution in [3.63, 3.8) is 0 Å². The molecule has 1 saturated heterocycles. The minimum Gasteiger partial charge on any atom is -0.353 e. The molecule has 1 fully saturated rings. The molecule has 2 heterocycles. The maximum absolute atomic E-state index is 13.5. The summed E-state index contributed by atoms with van der Waals surface area (Å²) in [5.41, 5.74) is 1.49. The molecule has 0 bridgehead atoms. The molecule has 3 atom stereocenters. The van der Waals surface area contributed by atoms with Gasteiger partial charge in [-0.3, -0.25) is 19.3 Å². The van der Waals surface area contributed by atoms with Crippen molar-refractivity contribution in [1.29, 1.82) is 0 Å². The zero-order valence-corrected chi connectivity index (χ0v) is 25.2. The van der Waals surface area contributed by atoms with Gasteiger partial charge in [-0.15, -0.1) is 11.3 Å². The number of nitrogens with zero attached hydrogens (tertiary/aromatic N) is 2. The van der Waals surface area contributed by atoms with Gasteiger partial charge in [-0.05, 0) is 30.5 Å². The Bertz CT molecular complexity index is 1130. The average Bonchev–Trinajstić information content (AvgIpc) is 3.31. The van der Waals surface area contributed by atoms with Gasteiger partial charge < -0.3 is 5.32 Å². The number of benzene rings is 1. The fourth-order valence-electron chi connectivity index (χ4n) is 4.59. The number of nitrogens with one attached hydrogen (secondary N) is 1. The number of thioether (sulfide) groups is 1. The van der Waals surface area contributed by atoms with Crippen LogP contribution in [-0.4, -0.2) is 64.5 Å². The summed E-state index contributed by atoms with van der Waals surface area (Å²) in [4.78, 5) is 45.8. The summed E-state index contributed by atoms with van der Waals surface area (Å²) in [6.45, 7) is 12.7. The third kappa shape index (κ3) is 9.18. The number of rotatable bonds is 15. The van der Waals surface area contributed by atoms with E-state index in [4.69, 9.17) is 11.6 Å². The zero-order chi connectivity index (χ0) is 27.7. The van der Waals surface area contributed by atoms with Crippen LogP contribution in [0.15, 0.2) is 30.4 Å². The van der Waals surface area contributed by atoms with Gasteiger partial charge in [0.05, 0.1) is 21.1 Å². The highest BCUT2D eigenvalue weighted by atomic mass is 35.5. The third-order valence-corrected chi connectivity index (χ3v) is 9.53. The highest BCUT2D eigenvalue weighted by molar-refractivity contribution is 7.99. The molecule has 208 valence electrons. The minimum absolute atomic E-state index is 0.0528. The summed E-state index contributed by atoms with van der Waals surface area (Å²) < 4.78 is 0.966. The van der Waals surface area contributed by atoms with Gasteiger partial charge >= 0.3 is 0 Å². The van der Waals surface area contributed by atoms with E-state index in [0.29, 0.717) is 42.8 Å². The van der Waals surface area contributed by atoms with Crippen molar-refractivity contribution in [2.75, 3.05) is 31.1 Å². The molecule has 1 aromatic heterocycles. The first-order valence-corrected chi connectivity index (χ1v) is 15.9. The van der Waals surface area contributed by atoms with Crippen molar-refractivity contribution in [2.45, 2.75) is 65.3 Å². The molecule has 1 amide bonds. The number of ketones is 2. The number of Topliss-reactive ketones (excluding diaryl/α,β-unsaturated/α-hetero) is 2. The standard InChI is InChI=1S/C29H40ClN3O3S2/c1-5-19(3)24(9-10-26(35)20(4)18-33-11-13-37-14-12-33)32-29(36)21(15-23(34)6-2)16-28-31-25-8-7-22(30)17-27(25)38-28/h7-8,17,19,21,24H,4-6,9-16,18H2,1-3H3,(H,32,36)/t19-,21-,24+/m0/s1. The van der Waals surface area contributed by atoms with E-state index in [1.54, 1.807) is 6.07 Å². The quantitative estimate of drug-likeness (QED) is 0.263. The van der Waals surface area contributed by atoms with Crippen molar-refractivity contribution in [1.82, 2.24) is 15.2 Å². The van der Waals surface area contributed by atoms with Crippen molar-refractivity contribution >= 4 is 62.4 Å². The second-order valence-electron chi connectivity index (χ2n) is 10.2. The second kappa shape index (κ2) is 15.2. The van der Waals surface area contributed by atoms with E-state index >= 15 is 0 Å². The highest BCUT2D eigenvalue weighted by Crippen LogP contribution is 2.28. The van der Waals surface area contributed by atoms with Crippen LogP contribution < -0.4 is 5.32 Å². The molecule has 0 unspecified atom stereocenters. The lowest BCUT2D eigenvalue weighted by Gasteiger charge is -2.28. The Labute approximate surface area is 240 Å². The molecule has 1 N–H and O–H groups in total. The molecule has 0 saturated carbocycles. The lowest BCUT2D eigenvalue weighted by atomic mass is 9.91. The maximum Gasteiger partial charge on any atom is 0.224 e. The summed E-state index contributed by atoms with van der Waals surface area (Å²) in [5.74, 6) is 1.85. The van der Waals surface area contributed by atoms with E-state index in [1.165, 1.54) is 11.3 Å². The normalized spacial score (nSPS) is 16.6. The summed E-state index contributed by atoms with van der Waals surface area (Å²) in [6, 6.07) is 5.40. The summed E-state index contributed by atoms with van der Waals surface area (Å²) in [6.07, 6.45) is 2.75. The average molecular weight is 578 g/mol. The van der Waals surface area contributed by atoms with Gasteiger partial charge in [0, 0.05) is 73.5 Å². The molecule has 6 nitrogen and oxygen atoms in total. The van der Waals surface area contributed by atoms with Crippen LogP contribution in [-0.2, 0) is 20.8 Å². The molecular weight excluding hydrogens is 538 g/mol. The molecule has 2 aromatic rings. The molecule has 38 heavy (non-hydrogen) atoms. The number of fused-ring (bicyclic) bond motifs is 1. The molecule has 1 aliphatic heterocycles. The molecule has 0 radical (unpaired) electrons.